The maximum absolute atomic E-state index is 12.2. The molecule has 0 bridgehead atoms. The predicted molar refractivity (Wildman–Crippen MR) is 53.9 cm³/mol. The topological polar surface area (TPSA) is 53.3 Å². The number of hydrogen-bond donors (Lipinski definition) is 0. The first-order chi connectivity index (χ1) is 7.28. The van der Waals surface area contributed by atoms with Gasteiger partial charge in [0.2, 0.25) is 5.91 Å². The highest BCUT2D eigenvalue weighted by Crippen LogP contribution is 2.33. The average Bonchev–Trinajstić information content (AvgIpc) is 2.82. The number of rotatable bonds is 1. The molecule has 2 aliphatic rings. The van der Waals surface area contributed by atoms with Crippen molar-refractivity contribution < 1.29 is 9.53 Å². The summed E-state index contributed by atoms with van der Waals surface area (Å²) in [6.07, 6.45) is 3.26. The molecular formula is C11H16N2O2. The lowest BCUT2D eigenvalue weighted by Crippen LogP contribution is -2.45. The molecule has 1 amide bonds. The molecule has 4 nitrogen and oxygen atoms in total. The highest BCUT2D eigenvalue weighted by Gasteiger charge is 2.43. The van der Waals surface area contributed by atoms with Gasteiger partial charge in [-0.25, -0.2) is 0 Å². The highest BCUT2D eigenvalue weighted by atomic mass is 16.5. The quantitative estimate of drug-likeness (QED) is 0.644. The number of nitriles is 1. The van der Waals surface area contributed by atoms with E-state index < -0.39 is 5.41 Å². The van der Waals surface area contributed by atoms with Crippen LogP contribution in [0.3, 0.4) is 0 Å². The van der Waals surface area contributed by atoms with Gasteiger partial charge in [0.05, 0.1) is 6.07 Å². The molecule has 0 aromatic heterocycles. The fourth-order valence-corrected chi connectivity index (χ4v) is 2.32. The van der Waals surface area contributed by atoms with E-state index in [1.54, 1.807) is 0 Å². The van der Waals surface area contributed by atoms with Crippen LogP contribution in [0.1, 0.15) is 25.7 Å². The van der Waals surface area contributed by atoms with Gasteiger partial charge in [0, 0.05) is 26.3 Å². The van der Waals surface area contributed by atoms with Crippen LogP contribution in [0.4, 0.5) is 0 Å². The Hall–Kier alpha value is -1.08. The Bertz CT molecular complexity index is 283. The zero-order chi connectivity index (χ0) is 10.7. The smallest absolute Gasteiger partial charge is 0.243 e. The van der Waals surface area contributed by atoms with E-state index in [0.717, 1.165) is 25.9 Å². The summed E-state index contributed by atoms with van der Waals surface area (Å²) in [5.41, 5.74) is -0.789. The zero-order valence-corrected chi connectivity index (χ0v) is 8.87. The lowest BCUT2D eigenvalue weighted by atomic mass is 9.80. The van der Waals surface area contributed by atoms with Crippen molar-refractivity contribution in [2.75, 3.05) is 26.3 Å². The van der Waals surface area contributed by atoms with Crippen LogP contribution < -0.4 is 0 Å². The Labute approximate surface area is 89.8 Å². The van der Waals surface area contributed by atoms with Crippen molar-refractivity contribution in [3.05, 3.63) is 0 Å². The van der Waals surface area contributed by atoms with Gasteiger partial charge in [-0.1, -0.05) is 0 Å². The van der Waals surface area contributed by atoms with E-state index in [2.05, 4.69) is 6.07 Å². The standard InChI is InChI=1S/C11H16N2O2/c12-9-11(3-7-15-8-4-11)10(14)13-5-1-2-6-13/h1-8H2. The Morgan fingerprint density at radius 3 is 2.40 bits per heavy atom. The van der Waals surface area contributed by atoms with Gasteiger partial charge in [0.1, 0.15) is 5.41 Å². The number of carbonyl (C=O) groups is 1. The molecule has 15 heavy (non-hydrogen) atoms. The molecule has 0 saturated carbocycles. The summed E-state index contributed by atoms with van der Waals surface area (Å²) in [5.74, 6) is 0.0331. The minimum absolute atomic E-state index is 0.0331. The molecule has 2 saturated heterocycles. The van der Waals surface area contributed by atoms with E-state index in [1.165, 1.54) is 0 Å². The first-order valence-corrected chi connectivity index (χ1v) is 5.57. The van der Waals surface area contributed by atoms with Crippen molar-refractivity contribution in [1.29, 1.82) is 5.26 Å². The molecule has 0 aromatic carbocycles. The lowest BCUT2D eigenvalue weighted by Gasteiger charge is -2.32. The number of nitrogens with zero attached hydrogens (tertiary/aromatic N) is 2. The van der Waals surface area contributed by atoms with Gasteiger partial charge in [-0.15, -0.1) is 0 Å². The van der Waals surface area contributed by atoms with Crippen LogP contribution in [0.15, 0.2) is 0 Å². The Morgan fingerprint density at radius 1 is 1.27 bits per heavy atom. The van der Waals surface area contributed by atoms with Gasteiger partial charge >= 0.3 is 0 Å². The number of carbonyl (C=O) groups excluding carboxylic acids is 1. The highest BCUT2D eigenvalue weighted by molar-refractivity contribution is 5.85. The van der Waals surface area contributed by atoms with Crippen LogP contribution in [0.5, 0.6) is 0 Å². The van der Waals surface area contributed by atoms with Crippen LogP contribution in [-0.4, -0.2) is 37.1 Å². The van der Waals surface area contributed by atoms with Crippen LogP contribution in [0.2, 0.25) is 0 Å². The van der Waals surface area contributed by atoms with E-state index >= 15 is 0 Å². The van der Waals surface area contributed by atoms with Gasteiger partial charge in [-0.3, -0.25) is 4.79 Å². The average molecular weight is 208 g/mol. The summed E-state index contributed by atoms with van der Waals surface area (Å²) >= 11 is 0. The van der Waals surface area contributed by atoms with Crippen molar-refractivity contribution in [2.45, 2.75) is 25.7 Å². The maximum Gasteiger partial charge on any atom is 0.243 e. The molecular weight excluding hydrogens is 192 g/mol. The van der Waals surface area contributed by atoms with E-state index in [4.69, 9.17) is 4.74 Å². The van der Waals surface area contributed by atoms with E-state index in [9.17, 15) is 10.1 Å². The summed E-state index contributed by atoms with van der Waals surface area (Å²) in [6.45, 7) is 2.71. The van der Waals surface area contributed by atoms with Crippen molar-refractivity contribution in [3.63, 3.8) is 0 Å². The van der Waals surface area contributed by atoms with Crippen molar-refractivity contribution in [1.82, 2.24) is 4.90 Å². The van der Waals surface area contributed by atoms with Crippen molar-refractivity contribution >= 4 is 5.91 Å². The molecule has 0 aromatic rings. The summed E-state index contributed by atoms with van der Waals surface area (Å²) < 4.78 is 5.22. The molecule has 0 N–H and O–H groups in total. The number of hydrogen-bond acceptors (Lipinski definition) is 3. The summed E-state index contributed by atoms with van der Waals surface area (Å²) in [5, 5.41) is 9.22. The van der Waals surface area contributed by atoms with Crippen molar-refractivity contribution in [2.24, 2.45) is 5.41 Å². The molecule has 4 heteroatoms. The number of amides is 1. The summed E-state index contributed by atoms with van der Waals surface area (Å²) in [7, 11) is 0. The second kappa shape index (κ2) is 4.19. The van der Waals surface area contributed by atoms with E-state index in [-0.39, 0.29) is 5.91 Å². The molecule has 2 aliphatic heterocycles. The monoisotopic (exact) mass is 208 g/mol. The normalized spacial score (nSPS) is 24.9. The fraction of sp³-hybridized carbons (Fsp3) is 0.818. The zero-order valence-electron chi connectivity index (χ0n) is 8.87. The van der Waals surface area contributed by atoms with Crippen LogP contribution >= 0.6 is 0 Å². The summed E-state index contributed by atoms with van der Waals surface area (Å²) in [4.78, 5) is 14.0. The molecule has 2 heterocycles. The van der Waals surface area contributed by atoms with Gasteiger partial charge in [0.15, 0.2) is 0 Å². The van der Waals surface area contributed by atoms with Crippen LogP contribution in [0, 0.1) is 16.7 Å². The molecule has 2 fully saturated rings. The Morgan fingerprint density at radius 2 is 1.87 bits per heavy atom. The number of likely N-dealkylation sites (tertiary alicyclic amines) is 1. The van der Waals surface area contributed by atoms with E-state index in [0.29, 0.717) is 26.1 Å². The first-order valence-electron chi connectivity index (χ1n) is 5.57. The third-order valence-electron chi connectivity index (χ3n) is 3.36. The lowest BCUT2D eigenvalue weighted by molar-refractivity contribution is -0.142. The molecule has 0 atom stereocenters. The third-order valence-corrected chi connectivity index (χ3v) is 3.36. The van der Waals surface area contributed by atoms with Crippen LogP contribution in [0.25, 0.3) is 0 Å². The van der Waals surface area contributed by atoms with Gasteiger partial charge < -0.3 is 9.64 Å². The Balaban J connectivity index is 2.11. The third kappa shape index (κ3) is 1.84. The van der Waals surface area contributed by atoms with Gasteiger partial charge in [0.25, 0.3) is 0 Å². The molecule has 0 radical (unpaired) electrons. The van der Waals surface area contributed by atoms with Gasteiger partial charge in [-0.05, 0) is 25.7 Å². The molecule has 2 rings (SSSR count). The van der Waals surface area contributed by atoms with Crippen molar-refractivity contribution in [3.8, 4) is 6.07 Å². The maximum atomic E-state index is 12.2. The van der Waals surface area contributed by atoms with E-state index in [1.807, 2.05) is 4.90 Å². The predicted octanol–water partition coefficient (Wildman–Crippen LogP) is 0.929. The second-order valence-electron chi connectivity index (χ2n) is 4.31. The summed E-state index contributed by atoms with van der Waals surface area (Å²) in [6, 6.07) is 2.22. The largest absolute Gasteiger partial charge is 0.381 e. The minimum atomic E-state index is -0.789. The SMILES string of the molecule is N#CC1(C(=O)N2CCCC2)CCOCC1. The molecule has 0 unspecified atom stereocenters. The fourth-order valence-electron chi connectivity index (χ4n) is 2.32. The second-order valence-corrected chi connectivity index (χ2v) is 4.31. The molecule has 0 aliphatic carbocycles. The van der Waals surface area contributed by atoms with Crippen LogP contribution in [-0.2, 0) is 9.53 Å². The molecule has 0 spiro atoms. The first kappa shape index (κ1) is 10.4. The van der Waals surface area contributed by atoms with Gasteiger partial charge in [-0.2, -0.15) is 5.26 Å². The minimum Gasteiger partial charge on any atom is -0.381 e. The Kier molecular flexibility index (Phi) is 2.92. The number of ether oxygens (including phenoxy) is 1. The molecule has 82 valence electrons.